The average molecular weight is 567 g/mol. The highest BCUT2D eigenvalue weighted by Gasteiger charge is 2.32. The summed E-state index contributed by atoms with van der Waals surface area (Å²) in [7, 11) is 0. The van der Waals surface area contributed by atoms with E-state index in [9.17, 15) is 14.7 Å². The molecule has 1 aliphatic rings. The van der Waals surface area contributed by atoms with Crippen molar-refractivity contribution in [2.24, 2.45) is 5.92 Å². The molecule has 6 nitrogen and oxygen atoms in total. The van der Waals surface area contributed by atoms with Gasteiger partial charge in [-0.3, -0.25) is 9.59 Å². The number of nitrogens with one attached hydrogen (secondary N) is 1. The quantitative estimate of drug-likeness (QED) is 0.202. The first-order chi connectivity index (χ1) is 20.1. The molecule has 4 aromatic rings. The van der Waals surface area contributed by atoms with Crippen LogP contribution in [0.3, 0.4) is 0 Å². The third-order valence-corrected chi connectivity index (χ3v) is 8.34. The highest BCUT2D eigenvalue weighted by Crippen LogP contribution is 2.39. The summed E-state index contributed by atoms with van der Waals surface area (Å²) in [6.07, 6.45) is 7.20. The van der Waals surface area contributed by atoms with Crippen molar-refractivity contribution in [2.75, 3.05) is 5.32 Å². The van der Waals surface area contributed by atoms with Crippen molar-refractivity contribution >= 4 is 28.3 Å². The first kappa shape index (κ1) is 29.4. The molecule has 0 bridgehead atoms. The summed E-state index contributed by atoms with van der Waals surface area (Å²) < 4.78 is 7.33. The molecule has 3 aromatic carbocycles. The molecule has 1 aromatic heterocycles. The van der Waals surface area contributed by atoms with Crippen molar-refractivity contribution < 1.29 is 19.4 Å². The standard InChI is InChI=1S/C36H42N2O4/c1-24-26(20-21-32(39)42-36(2,3)4)13-9-15-31(24)37-34(40)33(27-10-5-6-11-27)28-18-16-25(17-19-28)22-38-23-29-12-7-8-14-30(29)35(38)41/h7-9,12-19,23,27,33,41H,5-6,10-11,20-22H2,1-4H3,(H,37,40). The molecule has 1 unspecified atom stereocenters. The van der Waals surface area contributed by atoms with Gasteiger partial charge in [-0.1, -0.05) is 67.4 Å². The van der Waals surface area contributed by atoms with Crippen molar-refractivity contribution in [3.05, 3.63) is 95.2 Å². The van der Waals surface area contributed by atoms with E-state index in [0.717, 1.165) is 64.4 Å². The van der Waals surface area contributed by atoms with Gasteiger partial charge >= 0.3 is 5.97 Å². The Bertz CT molecular complexity index is 1560. The number of carbonyl (C=O) groups is 2. The minimum Gasteiger partial charge on any atom is -0.494 e. The summed E-state index contributed by atoms with van der Waals surface area (Å²) in [6.45, 7) is 8.16. The molecule has 1 aliphatic carbocycles. The number of aromatic nitrogens is 1. The van der Waals surface area contributed by atoms with Crippen LogP contribution in [-0.4, -0.2) is 27.2 Å². The zero-order valence-electron chi connectivity index (χ0n) is 25.2. The van der Waals surface area contributed by atoms with Gasteiger partial charge in [0.1, 0.15) is 5.60 Å². The number of hydrogen-bond acceptors (Lipinski definition) is 4. The Morgan fingerprint density at radius 1 is 1.00 bits per heavy atom. The van der Waals surface area contributed by atoms with Gasteiger partial charge in [0, 0.05) is 29.1 Å². The Kier molecular flexibility index (Phi) is 8.72. The van der Waals surface area contributed by atoms with Crippen LogP contribution in [0.15, 0.2) is 72.9 Å². The first-order valence-corrected chi connectivity index (χ1v) is 15.1. The first-order valence-electron chi connectivity index (χ1n) is 15.1. The predicted octanol–water partition coefficient (Wildman–Crippen LogP) is 7.89. The fourth-order valence-corrected chi connectivity index (χ4v) is 6.20. The molecule has 0 aliphatic heterocycles. The lowest BCUT2D eigenvalue weighted by Gasteiger charge is -2.24. The number of aromatic hydroxyl groups is 1. The van der Waals surface area contributed by atoms with E-state index in [1.165, 1.54) is 0 Å². The van der Waals surface area contributed by atoms with E-state index < -0.39 is 5.60 Å². The fourth-order valence-electron chi connectivity index (χ4n) is 6.20. The van der Waals surface area contributed by atoms with Gasteiger partial charge < -0.3 is 19.7 Å². The Morgan fingerprint density at radius 2 is 1.71 bits per heavy atom. The van der Waals surface area contributed by atoms with Crippen molar-refractivity contribution in [3.63, 3.8) is 0 Å². The second-order valence-corrected chi connectivity index (χ2v) is 12.6. The summed E-state index contributed by atoms with van der Waals surface area (Å²) in [6, 6.07) is 22.0. The van der Waals surface area contributed by atoms with E-state index >= 15 is 0 Å². The molecule has 1 heterocycles. The van der Waals surface area contributed by atoms with E-state index in [0.29, 0.717) is 25.3 Å². The summed E-state index contributed by atoms with van der Waals surface area (Å²) in [5, 5.41) is 15.8. The predicted molar refractivity (Wildman–Crippen MR) is 168 cm³/mol. The Labute approximate surface area is 248 Å². The van der Waals surface area contributed by atoms with Crippen LogP contribution in [0.4, 0.5) is 5.69 Å². The summed E-state index contributed by atoms with van der Waals surface area (Å²) >= 11 is 0. The minimum atomic E-state index is -0.506. The van der Waals surface area contributed by atoms with Gasteiger partial charge in [0.05, 0.1) is 12.5 Å². The Morgan fingerprint density at radius 3 is 2.40 bits per heavy atom. The van der Waals surface area contributed by atoms with Crippen LogP contribution in [0.5, 0.6) is 5.88 Å². The SMILES string of the molecule is Cc1c(CCC(=O)OC(C)(C)C)cccc1NC(=O)C(c1ccc(Cn2cc3ccccc3c2O)cc1)C1CCCC1. The molecule has 6 heteroatoms. The van der Waals surface area contributed by atoms with Crippen molar-refractivity contribution in [2.45, 2.75) is 84.3 Å². The molecule has 1 fully saturated rings. The second-order valence-electron chi connectivity index (χ2n) is 12.6. The zero-order valence-corrected chi connectivity index (χ0v) is 25.2. The number of fused-ring (bicyclic) bond motifs is 1. The van der Waals surface area contributed by atoms with Gasteiger partial charge in [0.2, 0.25) is 5.91 Å². The summed E-state index contributed by atoms with van der Waals surface area (Å²) in [5.41, 5.74) is 4.37. The third-order valence-electron chi connectivity index (χ3n) is 8.34. The number of anilines is 1. The Hall–Kier alpha value is -4.06. The van der Waals surface area contributed by atoms with Crippen LogP contribution < -0.4 is 5.32 Å². The Balaban J connectivity index is 1.31. The number of hydrogen-bond donors (Lipinski definition) is 2. The molecule has 1 atom stereocenters. The molecule has 5 rings (SSSR count). The van der Waals surface area contributed by atoms with Crippen molar-refractivity contribution in [1.29, 1.82) is 0 Å². The number of benzene rings is 3. The van der Waals surface area contributed by atoms with Crippen LogP contribution in [0.1, 0.15) is 81.0 Å². The highest BCUT2D eigenvalue weighted by molar-refractivity contribution is 5.97. The maximum atomic E-state index is 13.9. The van der Waals surface area contributed by atoms with Gasteiger partial charge in [-0.2, -0.15) is 0 Å². The highest BCUT2D eigenvalue weighted by atomic mass is 16.6. The van der Waals surface area contributed by atoms with Crippen LogP contribution in [0, 0.1) is 12.8 Å². The van der Waals surface area contributed by atoms with Crippen LogP contribution in [0.2, 0.25) is 0 Å². The number of esters is 1. The molecule has 0 radical (unpaired) electrons. The molecule has 0 spiro atoms. The maximum absolute atomic E-state index is 13.9. The van der Waals surface area contributed by atoms with E-state index in [1.54, 1.807) is 0 Å². The van der Waals surface area contributed by atoms with Crippen LogP contribution in [-0.2, 0) is 27.3 Å². The van der Waals surface area contributed by atoms with Gasteiger partial charge in [0.25, 0.3) is 0 Å². The fraction of sp³-hybridized carbons (Fsp3) is 0.389. The van der Waals surface area contributed by atoms with Gasteiger partial charge in [-0.25, -0.2) is 0 Å². The molecule has 0 saturated heterocycles. The molecule has 220 valence electrons. The van der Waals surface area contributed by atoms with E-state index in [-0.39, 0.29) is 23.7 Å². The van der Waals surface area contributed by atoms with Crippen molar-refractivity contribution in [1.82, 2.24) is 4.57 Å². The summed E-state index contributed by atoms with van der Waals surface area (Å²) in [4.78, 5) is 26.2. The van der Waals surface area contributed by atoms with E-state index in [2.05, 4.69) is 29.6 Å². The zero-order chi connectivity index (χ0) is 29.9. The van der Waals surface area contributed by atoms with E-state index in [1.807, 2.05) is 80.9 Å². The lowest BCUT2D eigenvalue weighted by Crippen LogP contribution is -2.27. The number of carbonyl (C=O) groups excluding carboxylic acids is 2. The smallest absolute Gasteiger partial charge is 0.306 e. The van der Waals surface area contributed by atoms with E-state index in [4.69, 9.17) is 4.74 Å². The van der Waals surface area contributed by atoms with Crippen LogP contribution >= 0.6 is 0 Å². The molecule has 1 saturated carbocycles. The normalized spacial score (nSPS) is 14.7. The second kappa shape index (κ2) is 12.4. The largest absolute Gasteiger partial charge is 0.494 e. The third kappa shape index (κ3) is 6.87. The number of ether oxygens (including phenoxy) is 1. The minimum absolute atomic E-state index is 0.0105. The lowest BCUT2D eigenvalue weighted by molar-refractivity contribution is -0.154. The van der Waals surface area contributed by atoms with Gasteiger partial charge in [0.15, 0.2) is 5.88 Å². The molecule has 42 heavy (non-hydrogen) atoms. The number of nitrogens with zero attached hydrogens (tertiary/aromatic N) is 1. The molecular weight excluding hydrogens is 524 g/mol. The van der Waals surface area contributed by atoms with Gasteiger partial charge in [-0.15, -0.1) is 0 Å². The molecule has 2 N–H and O–H groups in total. The number of amides is 1. The average Bonchev–Trinajstić information content (AvgIpc) is 3.58. The van der Waals surface area contributed by atoms with Crippen LogP contribution in [0.25, 0.3) is 10.8 Å². The molecule has 1 amide bonds. The maximum Gasteiger partial charge on any atom is 0.306 e. The van der Waals surface area contributed by atoms with Gasteiger partial charge in [-0.05, 0) is 87.3 Å². The summed E-state index contributed by atoms with van der Waals surface area (Å²) in [5.74, 6) is 0.110. The topological polar surface area (TPSA) is 80.6 Å². The molecular formula is C36H42N2O4. The monoisotopic (exact) mass is 566 g/mol. The number of aryl methyl sites for hydroxylation is 1. The number of rotatable bonds is 9. The van der Waals surface area contributed by atoms with Crippen molar-refractivity contribution in [3.8, 4) is 5.88 Å². The lowest BCUT2D eigenvalue weighted by atomic mass is 9.83.